The number of rotatable bonds is 5. The third kappa shape index (κ3) is 3.39. The van der Waals surface area contributed by atoms with E-state index in [-0.39, 0.29) is 11.9 Å². The lowest BCUT2D eigenvalue weighted by Crippen LogP contribution is -2.28. The summed E-state index contributed by atoms with van der Waals surface area (Å²) in [6.45, 7) is 4.08. The molecule has 0 saturated carbocycles. The molecule has 3 N–H and O–H groups in total. The van der Waals surface area contributed by atoms with Gasteiger partial charge < -0.3 is 11.1 Å². The molecule has 1 aromatic heterocycles. The Kier molecular flexibility index (Phi) is 4.79. The highest BCUT2D eigenvalue weighted by atomic mass is 32.1. The van der Waals surface area contributed by atoms with Gasteiger partial charge in [0.1, 0.15) is 0 Å². The number of carbonyl (C=O) groups excluding carboxylic acids is 1. The second-order valence-corrected chi connectivity index (χ2v) is 5.90. The number of nitrogens with one attached hydrogen (secondary N) is 1. The van der Waals surface area contributed by atoms with Crippen molar-refractivity contribution < 1.29 is 4.79 Å². The second kappa shape index (κ2) is 6.57. The van der Waals surface area contributed by atoms with Gasteiger partial charge in [-0.2, -0.15) is 0 Å². The SMILES string of the molecule is CCCC(NC(=O)c1ccc(C)cc1N)c1cccs1. The van der Waals surface area contributed by atoms with Gasteiger partial charge in [0, 0.05) is 10.6 Å². The molecule has 106 valence electrons. The molecule has 1 amide bonds. The number of anilines is 1. The number of hydrogen-bond donors (Lipinski definition) is 2. The molecule has 0 bridgehead atoms. The maximum Gasteiger partial charge on any atom is 0.253 e. The fourth-order valence-electron chi connectivity index (χ4n) is 2.19. The Morgan fingerprint density at radius 1 is 1.40 bits per heavy atom. The van der Waals surface area contributed by atoms with Crippen molar-refractivity contribution in [1.82, 2.24) is 5.32 Å². The summed E-state index contributed by atoms with van der Waals surface area (Å²) < 4.78 is 0. The van der Waals surface area contributed by atoms with Gasteiger partial charge >= 0.3 is 0 Å². The predicted molar refractivity (Wildman–Crippen MR) is 85.0 cm³/mol. The van der Waals surface area contributed by atoms with Crippen molar-refractivity contribution in [2.24, 2.45) is 0 Å². The van der Waals surface area contributed by atoms with Crippen molar-refractivity contribution in [1.29, 1.82) is 0 Å². The number of nitrogens with two attached hydrogens (primary N) is 1. The lowest BCUT2D eigenvalue weighted by atomic mass is 10.1. The number of carbonyl (C=O) groups is 1. The Labute approximate surface area is 123 Å². The van der Waals surface area contributed by atoms with E-state index in [0.717, 1.165) is 18.4 Å². The number of amides is 1. The van der Waals surface area contributed by atoms with Gasteiger partial charge in [0.05, 0.1) is 11.6 Å². The van der Waals surface area contributed by atoms with Crippen LogP contribution in [-0.4, -0.2) is 5.91 Å². The number of nitrogen functional groups attached to an aromatic ring is 1. The Morgan fingerprint density at radius 2 is 2.20 bits per heavy atom. The van der Waals surface area contributed by atoms with Crippen LogP contribution in [0.2, 0.25) is 0 Å². The highest BCUT2D eigenvalue weighted by molar-refractivity contribution is 7.10. The molecule has 20 heavy (non-hydrogen) atoms. The molecule has 0 saturated heterocycles. The molecular formula is C16H20N2OS. The summed E-state index contributed by atoms with van der Waals surface area (Å²) in [5.74, 6) is -0.102. The van der Waals surface area contributed by atoms with Crippen molar-refractivity contribution in [3.8, 4) is 0 Å². The summed E-state index contributed by atoms with van der Waals surface area (Å²) in [6, 6.07) is 9.66. The normalized spacial score (nSPS) is 12.1. The van der Waals surface area contributed by atoms with E-state index in [1.165, 1.54) is 4.88 Å². The first kappa shape index (κ1) is 14.6. The van der Waals surface area contributed by atoms with Gasteiger partial charge in [-0.15, -0.1) is 11.3 Å². The number of aryl methyl sites for hydroxylation is 1. The average molecular weight is 288 g/mol. The van der Waals surface area contributed by atoms with Crippen LogP contribution in [0.15, 0.2) is 35.7 Å². The molecule has 2 aromatic rings. The molecule has 1 atom stereocenters. The van der Waals surface area contributed by atoms with Gasteiger partial charge in [-0.1, -0.05) is 25.5 Å². The Bertz CT molecular complexity index is 578. The van der Waals surface area contributed by atoms with Crippen LogP contribution in [0.25, 0.3) is 0 Å². The van der Waals surface area contributed by atoms with Crippen LogP contribution in [0.1, 0.15) is 46.6 Å². The summed E-state index contributed by atoms with van der Waals surface area (Å²) in [5.41, 5.74) is 8.07. The number of hydrogen-bond acceptors (Lipinski definition) is 3. The van der Waals surface area contributed by atoms with Crippen molar-refractivity contribution in [3.63, 3.8) is 0 Å². The van der Waals surface area contributed by atoms with Crippen molar-refractivity contribution in [3.05, 3.63) is 51.7 Å². The van der Waals surface area contributed by atoms with E-state index in [1.54, 1.807) is 17.4 Å². The second-order valence-electron chi connectivity index (χ2n) is 4.92. The molecule has 1 unspecified atom stereocenters. The van der Waals surface area contributed by atoms with Gasteiger partial charge in [0.25, 0.3) is 5.91 Å². The van der Waals surface area contributed by atoms with E-state index in [0.29, 0.717) is 11.3 Å². The van der Waals surface area contributed by atoms with Gasteiger partial charge in [-0.3, -0.25) is 4.79 Å². The smallest absolute Gasteiger partial charge is 0.253 e. The Morgan fingerprint density at radius 3 is 2.80 bits per heavy atom. The molecule has 0 aliphatic heterocycles. The molecule has 3 nitrogen and oxygen atoms in total. The summed E-state index contributed by atoms with van der Waals surface area (Å²) >= 11 is 1.67. The van der Waals surface area contributed by atoms with Crippen LogP contribution in [-0.2, 0) is 0 Å². The van der Waals surface area contributed by atoms with Crippen LogP contribution in [0.4, 0.5) is 5.69 Å². The number of thiophene rings is 1. The Hall–Kier alpha value is -1.81. The monoisotopic (exact) mass is 288 g/mol. The summed E-state index contributed by atoms with van der Waals surface area (Å²) in [4.78, 5) is 13.6. The zero-order valence-corrected chi connectivity index (χ0v) is 12.7. The van der Waals surface area contributed by atoms with Crippen LogP contribution in [0.3, 0.4) is 0 Å². The van der Waals surface area contributed by atoms with Crippen LogP contribution < -0.4 is 11.1 Å². The first-order valence-electron chi connectivity index (χ1n) is 6.82. The van der Waals surface area contributed by atoms with Crippen LogP contribution >= 0.6 is 11.3 Å². The van der Waals surface area contributed by atoms with Crippen molar-refractivity contribution in [2.75, 3.05) is 5.73 Å². The molecule has 0 aliphatic rings. The topological polar surface area (TPSA) is 55.1 Å². The van der Waals surface area contributed by atoms with Crippen LogP contribution in [0, 0.1) is 6.92 Å². The van der Waals surface area contributed by atoms with Gasteiger partial charge in [-0.05, 0) is 42.5 Å². The van der Waals surface area contributed by atoms with Crippen molar-refractivity contribution in [2.45, 2.75) is 32.7 Å². The number of benzene rings is 1. The molecule has 0 fully saturated rings. The van der Waals surface area contributed by atoms with E-state index >= 15 is 0 Å². The standard InChI is InChI=1S/C16H20N2OS/c1-3-5-14(15-6-4-9-20-15)18-16(19)12-8-7-11(2)10-13(12)17/h4,6-10,14H,3,5,17H2,1-2H3,(H,18,19). The highest BCUT2D eigenvalue weighted by Gasteiger charge is 2.17. The largest absolute Gasteiger partial charge is 0.398 e. The molecule has 1 aromatic carbocycles. The molecule has 1 heterocycles. The van der Waals surface area contributed by atoms with Gasteiger partial charge in [0.2, 0.25) is 0 Å². The van der Waals surface area contributed by atoms with E-state index < -0.39 is 0 Å². The molecule has 2 rings (SSSR count). The third-order valence-corrected chi connectivity index (χ3v) is 4.21. The minimum Gasteiger partial charge on any atom is -0.398 e. The summed E-state index contributed by atoms with van der Waals surface area (Å²) in [6.07, 6.45) is 1.95. The third-order valence-electron chi connectivity index (χ3n) is 3.22. The van der Waals surface area contributed by atoms with Crippen LogP contribution in [0.5, 0.6) is 0 Å². The zero-order chi connectivity index (χ0) is 14.5. The minimum atomic E-state index is -0.102. The quantitative estimate of drug-likeness (QED) is 0.820. The van der Waals surface area contributed by atoms with Gasteiger partial charge in [-0.25, -0.2) is 0 Å². The zero-order valence-electron chi connectivity index (χ0n) is 11.8. The maximum atomic E-state index is 12.4. The van der Waals surface area contributed by atoms with E-state index in [4.69, 9.17) is 5.73 Å². The fraction of sp³-hybridized carbons (Fsp3) is 0.312. The molecule has 0 radical (unpaired) electrons. The van der Waals surface area contributed by atoms with E-state index in [1.807, 2.05) is 30.5 Å². The predicted octanol–water partition coefficient (Wildman–Crippen LogP) is 3.91. The molecular weight excluding hydrogens is 268 g/mol. The Balaban J connectivity index is 2.16. The van der Waals surface area contributed by atoms with Crippen molar-refractivity contribution >= 4 is 22.9 Å². The lowest BCUT2D eigenvalue weighted by Gasteiger charge is -2.17. The van der Waals surface area contributed by atoms with Gasteiger partial charge in [0.15, 0.2) is 0 Å². The first-order valence-corrected chi connectivity index (χ1v) is 7.70. The maximum absolute atomic E-state index is 12.4. The molecule has 4 heteroatoms. The summed E-state index contributed by atoms with van der Waals surface area (Å²) in [5, 5.41) is 5.12. The lowest BCUT2D eigenvalue weighted by molar-refractivity contribution is 0.0936. The first-order chi connectivity index (χ1) is 9.61. The minimum absolute atomic E-state index is 0.0632. The van der Waals surface area contributed by atoms with E-state index in [9.17, 15) is 4.79 Å². The highest BCUT2D eigenvalue weighted by Crippen LogP contribution is 2.24. The fourth-order valence-corrected chi connectivity index (χ4v) is 3.00. The average Bonchev–Trinajstić information content (AvgIpc) is 2.91. The molecule has 0 aliphatic carbocycles. The summed E-state index contributed by atoms with van der Waals surface area (Å²) in [7, 11) is 0. The molecule has 0 spiro atoms. The van der Waals surface area contributed by atoms with E-state index in [2.05, 4.69) is 18.3 Å².